The molecule has 128 valence electrons. The van der Waals surface area contributed by atoms with E-state index in [0.29, 0.717) is 6.42 Å². The second-order valence-electron chi connectivity index (χ2n) is 6.04. The number of benzene rings is 1. The molecular formula is C17H24Cl2N2O2. The second kappa shape index (κ2) is 8.88. The summed E-state index contributed by atoms with van der Waals surface area (Å²) in [6, 6.07) is 7.89. The summed E-state index contributed by atoms with van der Waals surface area (Å²) >= 11 is 6.10. The molecule has 2 heterocycles. The van der Waals surface area contributed by atoms with E-state index >= 15 is 0 Å². The third kappa shape index (κ3) is 4.83. The van der Waals surface area contributed by atoms with Gasteiger partial charge in [0.1, 0.15) is 0 Å². The van der Waals surface area contributed by atoms with Crippen LogP contribution >= 0.6 is 24.0 Å². The summed E-state index contributed by atoms with van der Waals surface area (Å²) in [5, 5.41) is 4.09. The van der Waals surface area contributed by atoms with Crippen LogP contribution in [0.25, 0.3) is 0 Å². The third-order valence-electron chi connectivity index (χ3n) is 4.50. The first-order chi connectivity index (χ1) is 10.7. The van der Waals surface area contributed by atoms with E-state index in [1.165, 1.54) is 0 Å². The number of carbonyl (C=O) groups excluding carboxylic acids is 1. The van der Waals surface area contributed by atoms with E-state index in [1.807, 2.05) is 29.2 Å². The highest BCUT2D eigenvalue weighted by Crippen LogP contribution is 2.26. The average Bonchev–Trinajstić information content (AvgIpc) is 3.06. The summed E-state index contributed by atoms with van der Waals surface area (Å²) in [6.45, 7) is 3.23. The Balaban J connectivity index is 0.00000192. The summed E-state index contributed by atoms with van der Waals surface area (Å²) in [6.07, 6.45) is 3.90. The van der Waals surface area contributed by atoms with Crippen LogP contribution in [0.4, 0.5) is 0 Å². The molecule has 0 spiro atoms. The van der Waals surface area contributed by atoms with Crippen molar-refractivity contribution in [2.24, 2.45) is 0 Å². The summed E-state index contributed by atoms with van der Waals surface area (Å²) in [7, 11) is 0. The maximum atomic E-state index is 12.6. The van der Waals surface area contributed by atoms with Gasteiger partial charge in [-0.2, -0.15) is 0 Å². The van der Waals surface area contributed by atoms with Crippen molar-refractivity contribution in [2.75, 3.05) is 26.2 Å². The summed E-state index contributed by atoms with van der Waals surface area (Å²) < 4.78 is 5.62. The molecule has 6 heteroatoms. The minimum absolute atomic E-state index is 0. The Kier molecular flexibility index (Phi) is 7.15. The molecule has 0 radical (unpaired) electrons. The fourth-order valence-electron chi connectivity index (χ4n) is 3.31. The molecule has 1 aromatic rings. The fourth-order valence-corrected chi connectivity index (χ4v) is 3.51. The first-order valence-corrected chi connectivity index (χ1v) is 8.49. The highest BCUT2D eigenvalue weighted by atomic mass is 35.5. The van der Waals surface area contributed by atoms with Crippen LogP contribution < -0.4 is 5.32 Å². The number of hydrogen-bond acceptors (Lipinski definition) is 3. The molecule has 2 fully saturated rings. The third-order valence-corrected chi connectivity index (χ3v) is 4.74. The highest BCUT2D eigenvalue weighted by molar-refractivity contribution is 6.30. The smallest absolute Gasteiger partial charge is 0.223 e. The monoisotopic (exact) mass is 358 g/mol. The van der Waals surface area contributed by atoms with Crippen LogP contribution in [0.5, 0.6) is 0 Å². The number of halogens is 2. The Morgan fingerprint density at radius 1 is 1.43 bits per heavy atom. The molecule has 2 aliphatic rings. The zero-order valence-electron chi connectivity index (χ0n) is 13.2. The molecule has 2 unspecified atom stereocenters. The number of nitrogens with zero attached hydrogens (tertiary/aromatic N) is 1. The Morgan fingerprint density at radius 2 is 2.30 bits per heavy atom. The largest absolute Gasteiger partial charge is 0.378 e. The first kappa shape index (κ1) is 18.5. The quantitative estimate of drug-likeness (QED) is 0.898. The molecular weight excluding hydrogens is 335 g/mol. The van der Waals surface area contributed by atoms with Gasteiger partial charge in [-0.1, -0.05) is 23.7 Å². The van der Waals surface area contributed by atoms with Crippen molar-refractivity contribution in [3.63, 3.8) is 0 Å². The first-order valence-electron chi connectivity index (χ1n) is 8.11. The second-order valence-corrected chi connectivity index (χ2v) is 6.47. The topological polar surface area (TPSA) is 41.6 Å². The molecule has 1 N–H and O–H groups in total. The van der Waals surface area contributed by atoms with Crippen molar-refractivity contribution in [3.05, 3.63) is 34.9 Å². The van der Waals surface area contributed by atoms with E-state index in [9.17, 15) is 4.79 Å². The van der Waals surface area contributed by atoms with Crippen molar-refractivity contribution in [2.45, 2.75) is 37.8 Å². The van der Waals surface area contributed by atoms with Crippen molar-refractivity contribution < 1.29 is 9.53 Å². The molecule has 0 bridgehead atoms. The number of nitrogens with one attached hydrogen (secondary N) is 1. The zero-order valence-corrected chi connectivity index (χ0v) is 14.7. The fraction of sp³-hybridized carbons (Fsp3) is 0.588. The maximum Gasteiger partial charge on any atom is 0.223 e. The predicted octanol–water partition coefficient (Wildman–Crippen LogP) is 3.19. The Labute approximate surface area is 148 Å². The van der Waals surface area contributed by atoms with Crippen LogP contribution in [0, 0.1) is 0 Å². The van der Waals surface area contributed by atoms with Crippen molar-refractivity contribution >= 4 is 29.9 Å². The van der Waals surface area contributed by atoms with Gasteiger partial charge in [-0.15, -0.1) is 12.4 Å². The minimum atomic E-state index is 0. The van der Waals surface area contributed by atoms with Crippen LogP contribution in [0.3, 0.4) is 0 Å². The van der Waals surface area contributed by atoms with E-state index in [0.717, 1.165) is 56.1 Å². The van der Waals surface area contributed by atoms with Crippen LogP contribution in [-0.2, 0) is 9.53 Å². The van der Waals surface area contributed by atoms with E-state index in [1.54, 1.807) is 0 Å². The van der Waals surface area contributed by atoms with E-state index in [4.69, 9.17) is 16.3 Å². The minimum Gasteiger partial charge on any atom is -0.378 e. The van der Waals surface area contributed by atoms with Gasteiger partial charge in [-0.25, -0.2) is 0 Å². The van der Waals surface area contributed by atoms with Crippen LogP contribution in [0.1, 0.15) is 37.3 Å². The normalized spacial score (nSPS) is 24.3. The number of rotatable bonds is 4. The highest BCUT2D eigenvalue weighted by Gasteiger charge is 2.28. The van der Waals surface area contributed by atoms with E-state index in [-0.39, 0.29) is 30.5 Å². The average molecular weight is 359 g/mol. The molecule has 1 amide bonds. The Morgan fingerprint density at radius 3 is 3.04 bits per heavy atom. The van der Waals surface area contributed by atoms with Crippen molar-refractivity contribution in [3.8, 4) is 0 Å². The number of ether oxygens (including phenoxy) is 1. The van der Waals surface area contributed by atoms with Crippen molar-refractivity contribution in [1.29, 1.82) is 0 Å². The lowest BCUT2D eigenvalue weighted by Gasteiger charge is -2.37. The Hall–Kier alpha value is -0.810. The lowest BCUT2D eigenvalue weighted by atomic mass is 10.0. The van der Waals surface area contributed by atoms with Crippen LogP contribution in [-0.4, -0.2) is 43.2 Å². The molecule has 0 aliphatic carbocycles. The molecule has 0 saturated carbocycles. The molecule has 2 aliphatic heterocycles. The molecule has 2 atom stereocenters. The number of amides is 1. The molecule has 2 saturated heterocycles. The summed E-state index contributed by atoms with van der Waals surface area (Å²) in [4.78, 5) is 14.6. The predicted molar refractivity (Wildman–Crippen MR) is 94.2 cm³/mol. The maximum absolute atomic E-state index is 12.6. The van der Waals surface area contributed by atoms with Gasteiger partial charge in [0, 0.05) is 37.7 Å². The lowest BCUT2D eigenvalue weighted by Crippen LogP contribution is -2.48. The number of piperazine rings is 1. The molecule has 23 heavy (non-hydrogen) atoms. The van der Waals surface area contributed by atoms with Crippen LogP contribution in [0.2, 0.25) is 5.02 Å². The van der Waals surface area contributed by atoms with E-state index < -0.39 is 0 Å². The summed E-state index contributed by atoms with van der Waals surface area (Å²) in [5.74, 6) is 0.224. The summed E-state index contributed by atoms with van der Waals surface area (Å²) in [5.41, 5.74) is 1.10. The Bertz CT molecular complexity index is 521. The van der Waals surface area contributed by atoms with Gasteiger partial charge in [0.15, 0.2) is 0 Å². The SMILES string of the molecule is Cl.O=C(CCC1CCCO1)N1CCNCC1c1cccc(Cl)c1. The standard InChI is InChI=1S/C17H23ClN2O2.ClH/c18-14-4-1-3-13(11-14)16-12-19-8-9-20(16)17(21)7-6-15-5-2-10-22-15;/h1,3-4,11,15-16,19H,2,5-10,12H2;1H. The molecule has 0 aromatic heterocycles. The van der Waals surface area contributed by atoms with Crippen molar-refractivity contribution in [1.82, 2.24) is 10.2 Å². The molecule has 1 aromatic carbocycles. The lowest BCUT2D eigenvalue weighted by molar-refractivity contribution is -0.135. The number of carbonyl (C=O) groups is 1. The van der Waals surface area contributed by atoms with Gasteiger partial charge in [0.2, 0.25) is 5.91 Å². The van der Waals surface area contributed by atoms with Gasteiger partial charge in [0.25, 0.3) is 0 Å². The number of hydrogen-bond donors (Lipinski definition) is 1. The molecule has 4 nitrogen and oxygen atoms in total. The van der Waals surface area contributed by atoms with Gasteiger partial charge in [-0.3, -0.25) is 4.79 Å². The van der Waals surface area contributed by atoms with Gasteiger partial charge >= 0.3 is 0 Å². The molecule has 3 rings (SSSR count). The van der Waals surface area contributed by atoms with Gasteiger partial charge in [0.05, 0.1) is 12.1 Å². The van der Waals surface area contributed by atoms with Crippen LogP contribution in [0.15, 0.2) is 24.3 Å². The zero-order chi connectivity index (χ0) is 15.4. The van der Waals surface area contributed by atoms with Gasteiger partial charge < -0.3 is 15.0 Å². The van der Waals surface area contributed by atoms with E-state index in [2.05, 4.69) is 5.32 Å². The van der Waals surface area contributed by atoms with Gasteiger partial charge in [-0.05, 0) is 37.0 Å².